The number of carbonyl (C=O) groups is 1. The van der Waals surface area contributed by atoms with Crippen molar-refractivity contribution in [3.05, 3.63) is 36.0 Å². The van der Waals surface area contributed by atoms with Gasteiger partial charge in [-0.1, -0.05) is 30.3 Å². The highest BCUT2D eigenvalue weighted by atomic mass is 16.5. The van der Waals surface area contributed by atoms with Crippen LogP contribution >= 0.6 is 0 Å². The van der Waals surface area contributed by atoms with E-state index >= 15 is 0 Å². The molecule has 0 aliphatic carbocycles. The van der Waals surface area contributed by atoms with Gasteiger partial charge in [-0.05, 0) is 6.92 Å². The molecule has 2 rings (SSSR count). The number of nitrogens with zero attached hydrogens (tertiary/aromatic N) is 2. The van der Waals surface area contributed by atoms with Crippen molar-refractivity contribution in [3.63, 3.8) is 0 Å². The predicted molar refractivity (Wildman–Crippen MR) is 69.0 cm³/mol. The van der Waals surface area contributed by atoms with Crippen molar-refractivity contribution in [2.75, 3.05) is 12.3 Å². The molecule has 1 aromatic heterocycles. The molecule has 0 atom stereocenters. The third-order valence-corrected chi connectivity index (χ3v) is 2.62. The minimum absolute atomic E-state index is 0.190. The molecule has 0 aliphatic rings. The van der Waals surface area contributed by atoms with Crippen molar-refractivity contribution < 1.29 is 9.53 Å². The molecule has 2 N–H and O–H groups in total. The van der Waals surface area contributed by atoms with Crippen LogP contribution in [0, 0.1) is 0 Å². The number of carbonyl (C=O) groups excluding carboxylic acids is 1. The van der Waals surface area contributed by atoms with Crippen LogP contribution in [0.1, 0.15) is 17.4 Å². The first-order valence-corrected chi connectivity index (χ1v) is 5.70. The van der Waals surface area contributed by atoms with Gasteiger partial charge in [-0.3, -0.25) is 0 Å². The van der Waals surface area contributed by atoms with Gasteiger partial charge in [-0.15, -0.1) is 0 Å². The summed E-state index contributed by atoms with van der Waals surface area (Å²) in [5.41, 5.74) is 6.97. The Morgan fingerprint density at radius 2 is 2.06 bits per heavy atom. The Morgan fingerprint density at radius 1 is 1.39 bits per heavy atom. The number of rotatable bonds is 3. The van der Waals surface area contributed by atoms with Gasteiger partial charge in [0, 0.05) is 12.6 Å². The van der Waals surface area contributed by atoms with Crippen molar-refractivity contribution in [2.45, 2.75) is 6.92 Å². The maximum Gasteiger partial charge on any atom is 0.358 e. The van der Waals surface area contributed by atoms with Gasteiger partial charge in [-0.2, -0.15) is 0 Å². The molecule has 2 aromatic rings. The molecular weight excluding hydrogens is 230 g/mol. The highest BCUT2D eigenvalue weighted by Crippen LogP contribution is 2.23. The summed E-state index contributed by atoms with van der Waals surface area (Å²) in [5.74, 6) is 0.387. The van der Waals surface area contributed by atoms with E-state index < -0.39 is 5.97 Å². The standard InChI is InChI=1S/C13H15N3O2/c1-3-18-13(17)10-11(14)15-12(16(10)2)9-7-5-4-6-8-9/h4-8H,3,14H2,1-2H3. The highest BCUT2D eigenvalue weighted by molar-refractivity contribution is 5.93. The lowest BCUT2D eigenvalue weighted by molar-refractivity contribution is 0.0517. The topological polar surface area (TPSA) is 70.1 Å². The second kappa shape index (κ2) is 4.91. The molecule has 0 amide bonds. The third kappa shape index (κ3) is 2.07. The Kier molecular flexibility index (Phi) is 3.32. The van der Waals surface area contributed by atoms with Gasteiger partial charge in [0.25, 0.3) is 0 Å². The summed E-state index contributed by atoms with van der Waals surface area (Å²) < 4.78 is 6.61. The molecule has 0 saturated heterocycles. The van der Waals surface area contributed by atoms with Crippen LogP contribution in [0.15, 0.2) is 30.3 Å². The molecule has 1 heterocycles. The van der Waals surface area contributed by atoms with Crippen molar-refractivity contribution in [1.29, 1.82) is 0 Å². The Bertz CT molecular complexity index is 561. The largest absolute Gasteiger partial charge is 0.461 e. The van der Waals surface area contributed by atoms with Gasteiger partial charge in [0.2, 0.25) is 0 Å². The van der Waals surface area contributed by atoms with Crippen LogP contribution in [0.2, 0.25) is 0 Å². The molecule has 0 spiro atoms. The second-order valence-corrected chi connectivity index (χ2v) is 3.81. The van der Waals surface area contributed by atoms with Gasteiger partial charge in [0.05, 0.1) is 6.61 Å². The summed E-state index contributed by atoms with van der Waals surface area (Å²) in [5, 5.41) is 0. The SMILES string of the molecule is CCOC(=O)c1c(N)nc(-c2ccccc2)n1C. The number of aromatic nitrogens is 2. The number of nitrogens with two attached hydrogens (primary N) is 1. The van der Waals surface area contributed by atoms with Crippen molar-refractivity contribution in [1.82, 2.24) is 9.55 Å². The Morgan fingerprint density at radius 3 is 2.67 bits per heavy atom. The summed E-state index contributed by atoms with van der Waals surface area (Å²) >= 11 is 0. The third-order valence-electron chi connectivity index (χ3n) is 2.62. The lowest BCUT2D eigenvalue weighted by atomic mass is 10.2. The first-order chi connectivity index (χ1) is 8.65. The van der Waals surface area contributed by atoms with E-state index in [9.17, 15) is 4.79 Å². The second-order valence-electron chi connectivity index (χ2n) is 3.81. The molecule has 0 fully saturated rings. The zero-order valence-electron chi connectivity index (χ0n) is 10.4. The maximum atomic E-state index is 11.8. The number of nitrogen functional groups attached to an aromatic ring is 1. The van der Waals surface area contributed by atoms with E-state index in [2.05, 4.69) is 4.98 Å². The molecule has 0 unspecified atom stereocenters. The first-order valence-electron chi connectivity index (χ1n) is 5.70. The Hall–Kier alpha value is -2.30. The van der Waals surface area contributed by atoms with Gasteiger partial charge in [0.15, 0.2) is 11.5 Å². The number of hydrogen-bond donors (Lipinski definition) is 1. The fourth-order valence-corrected chi connectivity index (χ4v) is 1.81. The number of anilines is 1. The molecule has 0 bridgehead atoms. The summed E-state index contributed by atoms with van der Waals surface area (Å²) in [6, 6.07) is 9.56. The Labute approximate surface area is 105 Å². The van der Waals surface area contributed by atoms with Gasteiger partial charge >= 0.3 is 5.97 Å². The van der Waals surface area contributed by atoms with Gasteiger partial charge < -0.3 is 15.0 Å². The normalized spacial score (nSPS) is 10.3. The molecular formula is C13H15N3O2. The van der Waals surface area contributed by atoms with Gasteiger partial charge in [0.1, 0.15) is 5.82 Å². The Balaban J connectivity index is 2.47. The fourth-order valence-electron chi connectivity index (χ4n) is 1.81. The number of benzene rings is 1. The van der Waals surface area contributed by atoms with Crippen LogP contribution < -0.4 is 5.73 Å². The summed E-state index contributed by atoms with van der Waals surface area (Å²) in [6.45, 7) is 2.06. The van der Waals surface area contributed by atoms with Crippen molar-refractivity contribution in [2.24, 2.45) is 7.05 Å². The molecule has 18 heavy (non-hydrogen) atoms. The van der Waals surface area contributed by atoms with E-state index in [-0.39, 0.29) is 11.5 Å². The van der Waals surface area contributed by atoms with Crippen LogP contribution in [-0.4, -0.2) is 22.1 Å². The quantitative estimate of drug-likeness (QED) is 0.838. The molecule has 5 heteroatoms. The van der Waals surface area contributed by atoms with Crippen molar-refractivity contribution >= 4 is 11.8 Å². The van der Waals surface area contributed by atoms with Crippen LogP contribution in [0.5, 0.6) is 0 Å². The molecule has 1 aromatic carbocycles. The van der Waals surface area contributed by atoms with Crippen LogP contribution in [0.3, 0.4) is 0 Å². The zero-order valence-corrected chi connectivity index (χ0v) is 10.4. The molecule has 0 radical (unpaired) electrons. The van der Waals surface area contributed by atoms with E-state index in [1.807, 2.05) is 30.3 Å². The van der Waals surface area contributed by atoms with Crippen LogP contribution in [0.25, 0.3) is 11.4 Å². The molecule has 94 valence electrons. The molecule has 0 saturated carbocycles. The van der Waals surface area contributed by atoms with E-state index in [0.29, 0.717) is 12.4 Å². The molecule has 5 nitrogen and oxygen atoms in total. The lowest BCUT2D eigenvalue weighted by Crippen LogP contribution is -2.12. The average molecular weight is 245 g/mol. The van der Waals surface area contributed by atoms with Crippen molar-refractivity contribution in [3.8, 4) is 11.4 Å². The first kappa shape index (κ1) is 12.2. The maximum absolute atomic E-state index is 11.8. The summed E-state index contributed by atoms with van der Waals surface area (Å²) in [6.07, 6.45) is 0. The minimum atomic E-state index is -0.452. The van der Waals surface area contributed by atoms with E-state index in [1.54, 1.807) is 18.5 Å². The fraction of sp³-hybridized carbons (Fsp3) is 0.231. The zero-order chi connectivity index (χ0) is 13.1. The molecule has 0 aliphatic heterocycles. The van der Waals surface area contributed by atoms with Gasteiger partial charge in [-0.25, -0.2) is 9.78 Å². The highest BCUT2D eigenvalue weighted by Gasteiger charge is 2.20. The number of esters is 1. The number of hydrogen-bond acceptors (Lipinski definition) is 4. The van der Waals surface area contributed by atoms with Crippen LogP contribution in [0.4, 0.5) is 5.82 Å². The van der Waals surface area contributed by atoms with E-state index in [4.69, 9.17) is 10.5 Å². The number of ether oxygens (including phenoxy) is 1. The van der Waals surface area contributed by atoms with Crippen LogP contribution in [-0.2, 0) is 11.8 Å². The average Bonchev–Trinajstić information content (AvgIpc) is 2.66. The lowest BCUT2D eigenvalue weighted by Gasteiger charge is -2.05. The summed E-state index contributed by atoms with van der Waals surface area (Å²) in [4.78, 5) is 16.0. The number of imidazole rings is 1. The smallest absolute Gasteiger partial charge is 0.358 e. The predicted octanol–water partition coefficient (Wildman–Crippen LogP) is 1.85. The van der Waals surface area contributed by atoms with E-state index in [1.165, 1.54) is 0 Å². The monoisotopic (exact) mass is 245 g/mol. The minimum Gasteiger partial charge on any atom is -0.461 e. The van der Waals surface area contributed by atoms with E-state index in [0.717, 1.165) is 5.56 Å². The summed E-state index contributed by atoms with van der Waals surface area (Å²) in [7, 11) is 1.75.